The van der Waals surface area contributed by atoms with Gasteiger partial charge in [0, 0.05) is 5.02 Å². The maximum absolute atomic E-state index is 13.3. The molecule has 0 radical (unpaired) electrons. The Bertz CT molecular complexity index is 532. The second kappa shape index (κ2) is 5.73. The molecule has 2 rings (SSSR count). The summed E-state index contributed by atoms with van der Waals surface area (Å²) in [5, 5.41) is 0.435. The van der Waals surface area contributed by atoms with E-state index in [1.54, 1.807) is 0 Å². The summed E-state index contributed by atoms with van der Waals surface area (Å²) in [6.45, 7) is 1.86. The van der Waals surface area contributed by atoms with Crippen molar-refractivity contribution in [1.82, 2.24) is 0 Å². The zero-order valence-corrected chi connectivity index (χ0v) is 11.5. The van der Waals surface area contributed by atoms with Gasteiger partial charge in [-0.1, -0.05) is 29.8 Å². The molecule has 94 valence electrons. The standard InChI is InChI=1S/C15H13Cl2F/c1-10-5-12(9-14(18)6-10)15(17)8-11-3-2-4-13(16)7-11/h2-7,9,15H,8H2,1H3. The molecule has 3 heteroatoms. The molecule has 0 heterocycles. The Hall–Kier alpha value is -1.05. The average Bonchev–Trinajstić information content (AvgIpc) is 2.27. The molecule has 0 N–H and O–H groups in total. The summed E-state index contributed by atoms with van der Waals surface area (Å²) in [7, 11) is 0. The van der Waals surface area contributed by atoms with Gasteiger partial charge in [0.25, 0.3) is 0 Å². The number of hydrogen-bond acceptors (Lipinski definition) is 0. The molecule has 1 atom stereocenters. The molecule has 2 aromatic carbocycles. The van der Waals surface area contributed by atoms with E-state index in [9.17, 15) is 4.39 Å². The van der Waals surface area contributed by atoms with Crippen LogP contribution in [0.2, 0.25) is 5.02 Å². The Labute approximate surface area is 116 Å². The predicted molar refractivity (Wildman–Crippen MR) is 74.9 cm³/mol. The maximum atomic E-state index is 13.3. The normalized spacial score (nSPS) is 12.4. The fourth-order valence-electron chi connectivity index (χ4n) is 1.93. The van der Waals surface area contributed by atoms with Gasteiger partial charge in [-0.2, -0.15) is 0 Å². The van der Waals surface area contributed by atoms with Gasteiger partial charge >= 0.3 is 0 Å². The van der Waals surface area contributed by atoms with E-state index >= 15 is 0 Å². The van der Waals surface area contributed by atoms with Gasteiger partial charge in [-0.05, 0) is 54.3 Å². The van der Waals surface area contributed by atoms with Crippen LogP contribution in [0.3, 0.4) is 0 Å². The van der Waals surface area contributed by atoms with E-state index < -0.39 is 0 Å². The predicted octanol–water partition coefficient (Wildman–Crippen LogP) is 5.31. The van der Waals surface area contributed by atoms with Gasteiger partial charge in [0.1, 0.15) is 5.82 Å². The first-order valence-electron chi connectivity index (χ1n) is 5.70. The highest BCUT2D eigenvalue weighted by Crippen LogP contribution is 2.27. The molecule has 0 aliphatic rings. The molecule has 2 aromatic rings. The highest BCUT2D eigenvalue weighted by Gasteiger charge is 2.11. The van der Waals surface area contributed by atoms with Crippen molar-refractivity contribution in [2.24, 2.45) is 0 Å². The minimum Gasteiger partial charge on any atom is -0.207 e. The second-order valence-corrected chi connectivity index (χ2v) is 5.33. The molecule has 0 saturated carbocycles. The Morgan fingerprint density at radius 2 is 1.94 bits per heavy atom. The van der Waals surface area contributed by atoms with Gasteiger partial charge in [-0.15, -0.1) is 11.6 Å². The summed E-state index contributed by atoms with van der Waals surface area (Å²) in [5.74, 6) is -0.248. The van der Waals surface area contributed by atoms with Crippen molar-refractivity contribution in [1.29, 1.82) is 0 Å². The van der Waals surface area contributed by atoms with Crippen molar-refractivity contribution in [3.63, 3.8) is 0 Å². The minimum atomic E-state index is -0.252. The quantitative estimate of drug-likeness (QED) is 0.669. The molecular formula is C15H13Cl2F. The zero-order chi connectivity index (χ0) is 13.1. The Kier molecular flexibility index (Phi) is 4.26. The summed E-state index contributed by atoms with van der Waals surface area (Å²) in [6, 6.07) is 12.4. The van der Waals surface area contributed by atoms with Crippen LogP contribution in [-0.4, -0.2) is 0 Å². The van der Waals surface area contributed by atoms with Crippen LogP contribution in [0.25, 0.3) is 0 Å². The first-order chi connectivity index (χ1) is 8.54. The zero-order valence-electron chi connectivity index (χ0n) is 9.96. The first-order valence-corrected chi connectivity index (χ1v) is 6.51. The number of hydrogen-bond donors (Lipinski definition) is 0. The minimum absolute atomic E-state index is 0.248. The van der Waals surface area contributed by atoms with Crippen molar-refractivity contribution in [2.45, 2.75) is 18.7 Å². The summed E-state index contributed by atoms with van der Waals surface area (Å²) in [4.78, 5) is 0. The topological polar surface area (TPSA) is 0 Å². The van der Waals surface area contributed by atoms with E-state index in [2.05, 4.69) is 0 Å². The van der Waals surface area contributed by atoms with E-state index in [1.807, 2.05) is 37.3 Å². The van der Waals surface area contributed by atoms with Crippen LogP contribution >= 0.6 is 23.2 Å². The summed E-state index contributed by atoms with van der Waals surface area (Å²) >= 11 is 12.2. The van der Waals surface area contributed by atoms with Crippen LogP contribution < -0.4 is 0 Å². The monoisotopic (exact) mass is 282 g/mol. The van der Waals surface area contributed by atoms with Gasteiger partial charge in [0.2, 0.25) is 0 Å². The van der Waals surface area contributed by atoms with E-state index in [1.165, 1.54) is 12.1 Å². The summed E-state index contributed by atoms with van der Waals surface area (Å²) in [5.41, 5.74) is 2.72. The lowest BCUT2D eigenvalue weighted by atomic mass is 10.0. The third-order valence-electron chi connectivity index (χ3n) is 2.73. The first kappa shape index (κ1) is 13.4. The van der Waals surface area contributed by atoms with E-state index in [4.69, 9.17) is 23.2 Å². The number of halogens is 3. The van der Waals surface area contributed by atoms with Crippen LogP contribution in [0.4, 0.5) is 4.39 Å². The number of rotatable bonds is 3. The maximum Gasteiger partial charge on any atom is 0.123 e. The van der Waals surface area contributed by atoms with Gasteiger partial charge in [0.15, 0.2) is 0 Å². The molecule has 1 unspecified atom stereocenters. The van der Waals surface area contributed by atoms with Crippen molar-refractivity contribution in [3.05, 3.63) is 70.0 Å². The van der Waals surface area contributed by atoms with Crippen molar-refractivity contribution < 1.29 is 4.39 Å². The Morgan fingerprint density at radius 1 is 1.17 bits per heavy atom. The van der Waals surface area contributed by atoms with E-state index in [0.717, 1.165) is 16.7 Å². The Balaban J connectivity index is 2.19. The van der Waals surface area contributed by atoms with Gasteiger partial charge in [-0.25, -0.2) is 4.39 Å². The average molecular weight is 283 g/mol. The molecule has 0 bridgehead atoms. The number of aryl methyl sites for hydroxylation is 1. The third kappa shape index (κ3) is 3.47. The van der Waals surface area contributed by atoms with Crippen molar-refractivity contribution in [2.75, 3.05) is 0 Å². The van der Waals surface area contributed by atoms with Gasteiger partial charge in [0.05, 0.1) is 5.38 Å². The van der Waals surface area contributed by atoms with E-state index in [-0.39, 0.29) is 11.2 Å². The molecule has 0 aromatic heterocycles. The van der Waals surface area contributed by atoms with Crippen LogP contribution in [0.5, 0.6) is 0 Å². The van der Waals surface area contributed by atoms with Gasteiger partial charge < -0.3 is 0 Å². The number of alkyl halides is 1. The van der Waals surface area contributed by atoms with Gasteiger partial charge in [-0.3, -0.25) is 0 Å². The van der Waals surface area contributed by atoms with Crippen molar-refractivity contribution >= 4 is 23.2 Å². The fourth-order valence-corrected chi connectivity index (χ4v) is 2.45. The molecule has 0 saturated heterocycles. The highest BCUT2D eigenvalue weighted by atomic mass is 35.5. The summed E-state index contributed by atoms with van der Waals surface area (Å²) in [6.07, 6.45) is 0.630. The second-order valence-electron chi connectivity index (χ2n) is 4.36. The smallest absolute Gasteiger partial charge is 0.123 e. The molecular weight excluding hydrogens is 270 g/mol. The number of benzene rings is 2. The molecule has 18 heavy (non-hydrogen) atoms. The van der Waals surface area contributed by atoms with Crippen molar-refractivity contribution in [3.8, 4) is 0 Å². The van der Waals surface area contributed by atoms with Crippen LogP contribution in [0.1, 0.15) is 22.1 Å². The van der Waals surface area contributed by atoms with Crippen LogP contribution in [0.15, 0.2) is 42.5 Å². The Morgan fingerprint density at radius 3 is 2.61 bits per heavy atom. The lowest BCUT2D eigenvalue weighted by molar-refractivity contribution is 0.623. The van der Waals surface area contributed by atoms with Crippen LogP contribution in [-0.2, 0) is 6.42 Å². The van der Waals surface area contributed by atoms with E-state index in [0.29, 0.717) is 11.4 Å². The molecule has 0 fully saturated rings. The fraction of sp³-hybridized carbons (Fsp3) is 0.200. The molecule has 0 amide bonds. The molecule has 0 spiro atoms. The SMILES string of the molecule is Cc1cc(F)cc(C(Cl)Cc2cccc(Cl)c2)c1. The lowest BCUT2D eigenvalue weighted by Gasteiger charge is -2.11. The highest BCUT2D eigenvalue weighted by molar-refractivity contribution is 6.30. The third-order valence-corrected chi connectivity index (χ3v) is 3.37. The molecule has 0 aliphatic heterocycles. The molecule has 0 nitrogen and oxygen atoms in total. The van der Waals surface area contributed by atoms with Crippen LogP contribution in [0, 0.1) is 12.7 Å². The largest absolute Gasteiger partial charge is 0.207 e. The summed E-state index contributed by atoms with van der Waals surface area (Å²) < 4.78 is 13.3. The molecule has 0 aliphatic carbocycles. The lowest BCUT2D eigenvalue weighted by Crippen LogP contribution is -1.97.